The van der Waals surface area contributed by atoms with Crippen LogP contribution in [0.4, 0.5) is 0 Å². The van der Waals surface area contributed by atoms with Crippen LogP contribution in [0.1, 0.15) is 34.3 Å². The summed E-state index contributed by atoms with van der Waals surface area (Å²) < 4.78 is 23.6. The summed E-state index contributed by atoms with van der Waals surface area (Å²) in [5, 5.41) is 11.1. The highest BCUT2D eigenvalue weighted by atomic mass is 32.2. The van der Waals surface area contributed by atoms with Gasteiger partial charge in [-0.05, 0) is 35.8 Å². The number of hydrogen-bond acceptors (Lipinski definition) is 5. The number of Topliss-reactive ketones (excluding diaryl/α,β-unsaturated/α-hetero) is 1. The molecule has 7 heteroatoms. The van der Waals surface area contributed by atoms with Crippen LogP contribution in [-0.2, 0) is 23.9 Å². The van der Waals surface area contributed by atoms with Crippen LogP contribution >= 0.6 is 0 Å². The summed E-state index contributed by atoms with van der Waals surface area (Å²) in [6.45, 7) is 2.32. The molecule has 1 saturated carbocycles. The molecule has 4 rings (SSSR count). The number of thiol groups is 1. The molecule has 1 aliphatic heterocycles. The second-order valence-corrected chi connectivity index (χ2v) is 9.55. The van der Waals surface area contributed by atoms with Gasteiger partial charge in [-0.15, -0.1) is 0 Å². The number of nitrogens with zero attached hydrogens (tertiary/aromatic N) is 1. The molecule has 1 aliphatic carbocycles. The van der Waals surface area contributed by atoms with Crippen molar-refractivity contribution in [1.82, 2.24) is 9.62 Å². The van der Waals surface area contributed by atoms with Crippen LogP contribution in [0.3, 0.4) is 0 Å². The van der Waals surface area contributed by atoms with Gasteiger partial charge in [0.2, 0.25) is 10.9 Å². The van der Waals surface area contributed by atoms with E-state index in [2.05, 4.69) is 21.8 Å². The van der Waals surface area contributed by atoms with Crippen LogP contribution in [0, 0.1) is 11.8 Å². The second kappa shape index (κ2) is 8.98. The number of aliphatic hydroxyl groups is 1. The third-order valence-electron chi connectivity index (χ3n) is 6.37. The minimum atomic E-state index is -2.62. The normalized spacial score (nSPS) is 26.2. The molecule has 2 N–H and O–H groups in total. The van der Waals surface area contributed by atoms with Crippen molar-refractivity contribution in [2.24, 2.45) is 11.8 Å². The number of nitrogens with one attached hydrogen (secondary N) is 1. The zero-order valence-corrected chi connectivity index (χ0v) is 17.8. The first kappa shape index (κ1) is 21.2. The molecule has 160 valence electrons. The molecule has 0 aromatic heterocycles. The van der Waals surface area contributed by atoms with Crippen molar-refractivity contribution in [3.8, 4) is 0 Å². The Balaban J connectivity index is 1.28. The number of likely N-dealkylation sites (tertiary alicyclic amines) is 1. The fraction of sp³-hybridized carbons (Fsp3) is 0.435. The topological polar surface area (TPSA) is 86.7 Å². The monoisotopic (exact) mass is 428 g/mol. The summed E-state index contributed by atoms with van der Waals surface area (Å²) in [5.41, 5.74) is 2.00. The van der Waals surface area contributed by atoms with Crippen molar-refractivity contribution in [2.75, 3.05) is 19.6 Å². The first-order valence-electron chi connectivity index (χ1n) is 10.4. The predicted octanol–water partition coefficient (Wildman–Crippen LogP) is 1.80. The zero-order chi connectivity index (χ0) is 21.1. The van der Waals surface area contributed by atoms with Gasteiger partial charge in [0.15, 0.2) is 5.78 Å². The Morgan fingerprint density at radius 2 is 1.63 bits per heavy atom. The molecule has 0 radical (unpaired) electrons. The smallest absolute Gasteiger partial charge is 0.201 e. The van der Waals surface area contributed by atoms with Gasteiger partial charge in [-0.25, -0.2) is 13.1 Å². The molecule has 2 fully saturated rings. The van der Waals surface area contributed by atoms with Gasteiger partial charge in [0.05, 0.1) is 12.1 Å². The van der Waals surface area contributed by atoms with E-state index in [1.54, 1.807) is 24.3 Å². The minimum Gasteiger partial charge on any atom is -0.390 e. The maximum atomic E-state index is 12.7. The predicted molar refractivity (Wildman–Crippen MR) is 116 cm³/mol. The van der Waals surface area contributed by atoms with E-state index in [0.29, 0.717) is 30.4 Å². The lowest BCUT2D eigenvalue weighted by Gasteiger charge is -2.26. The van der Waals surface area contributed by atoms with E-state index in [0.717, 1.165) is 31.5 Å². The van der Waals surface area contributed by atoms with Crippen LogP contribution in [0.5, 0.6) is 0 Å². The molecule has 1 heterocycles. The number of carbonyl (C=O) groups is 1. The number of fused-ring (bicyclic) bond motifs is 1. The molecule has 0 unspecified atom stereocenters. The van der Waals surface area contributed by atoms with Gasteiger partial charge in [-0.3, -0.25) is 9.69 Å². The van der Waals surface area contributed by atoms with Crippen molar-refractivity contribution < 1.29 is 18.3 Å². The Kier molecular flexibility index (Phi) is 6.34. The van der Waals surface area contributed by atoms with Crippen molar-refractivity contribution in [3.63, 3.8) is 0 Å². The van der Waals surface area contributed by atoms with E-state index < -0.39 is 16.5 Å². The first-order valence-corrected chi connectivity index (χ1v) is 11.6. The molecule has 3 atom stereocenters. The average Bonchev–Trinajstić information content (AvgIpc) is 3.21. The quantitative estimate of drug-likeness (QED) is 0.441. The maximum absolute atomic E-state index is 12.7. The zero-order valence-electron chi connectivity index (χ0n) is 16.9. The van der Waals surface area contributed by atoms with Crippen molar-refractivity contribution in [3.05, 3.63) is 71.3 Å². The van der Waals surface area contributed by atoms with Gasteiger partial charge >= 0.3 is 0 Å². The Morgan fingerprint density at radius 3 is 2.23 bits per heavy atom. The van der Waals surface area contributed by atoms with E-state index in [-0.39, 0.29) is 12.3 Å². The molecule has 0 bridgehead atoms. The molecular formula is C23H28N2O4S. The molecule has 2 aromatic rings. The minimum absolute atomic E-state index is 0.0731. The van der Waals surface area contributed by atoms with E-state index in [1.807, 2.05) is 18.2 Å². The lowest BCUT2D eigenvalue weighted by atomic mass is 9.91. The SMILES string of the molecule is O=C(CN1C[C@@H]2C[C@@](O)(Cc3ccccc3)C[C@@H]2C1)c1ccc(CN[SH](=O)=O)cc1. The van der Waals surface area contributed by atoms with Gasteiger partial charge in [0.25, 0.3) is 0 Å². The molecule has 0 spiro atoms. The average molecular weight is 429 g/mol. The lowest BCUT2D eigenvalue weighted by molar-refractivity contribution is 0.0355. The largest absolute Gasteiger partial charge is 0.390 e. The highest BCUT2D eigenvalue weighted by Gasteiger charge is 2.48. The number of hydrogen-bond donors (Lipinski definition) is 3. The summed E-state index contributed by atoms with van der Waals surface area (Å²) in [7, 11) is -2.62. The van der Waals surface area contributed by atoms with E-state index in [9.17, 15) is 18.3 Å². The molecule has 1 saturated heterocycles. The highest BCUT2D eigenvalue weighted by Crippen LogP contribution is 2.45. The van der Waals surface area contributed by atoms with Gasteiger partial charge in [0.1, 0.15) is 0 Å². The van der Waals surface area contributed by atoms with E-state index in [1.165, 1.54) is 5.56 Å². The van der Waals surface area contributed by atoms with Crippen LogP contribution in [0.25, 0.3) is 0 Å². The lowest BCUT2D eigenvalue weighted by Crippen LogP contribution is -2.34. The third-order valence-corrected chi connectivity index (χ3v) is 6.78. The summed E-state index contributed by atoms with van der Waals surface area (Å²) >= 11 is 0. The van der Waals surface area contributed by atoms with Crippen LogP contribution in [0.15, 0.2) is 54.6 Å². The molecular weight excluding hydrogens is 400 g/mol. The summed E-state index contributed by atoms with van der Waals surface area (Å²) in [4.78, 5) is 14.9. The van der Waals surface area contributed by atoms with Crippen molar-refractivity contribution in [2.45, 2.75) is 31.4 Å². The second-order valence-electron chi connectivity index (χ2n) is 8.72. The summed E-state index contributed by atoms with van der Waals surface area (Å²) in [6.07, 6.45) is 2.28. The van der Waals surface area contributed by atoms with Gasteiger partial charge < -0.3 is 5.11 Å². The molecule has 6 nitrogen and oxygen atoms in total. The Morgan fingerprint density at radius 1 is 1.00 bits per heavy atom. The molecule has 0 amide bonds. The maximum Gasteiger partial charge on any atom is 0.201 e. The standard InChI is InChI=1S/C23H28N2O4S/c26-22(19-8-6-18(7-9-19)13-24-30(28)29)16-25-14-20-11-23(27,12-21(20)15-25)10-17-4-2-1-3-5-17/h1-9,20-21,27,30H,10-16H2,(H,24,28,29)/t20-,21+,23-. The van der Waals surface area contributed by atoms with Gasteiger partial charge in [-0.2, -0.15) is 0 Å². The van der Waals surface area contributed by atoms with Crippen LogP contribution in [-0.4, -0.2) is 49.4 Å². The van der Waals surface area contributed by atoms with E-state index in [4.69, 9.17) is 0 Å². The Labute approximate surface area is 179 Å². The highest BCUT2D eigenvalue weighted by molar-refractivity contribution is 7.70. The molecule has 2 aromatic carbocycles. The van der Waals surface area contributed by atoms with Crippen LogP contribution < -0.4 is 4.72 Å². The fourth-order valence-corrected chi connectivity index (χ4v) is 5.38. The molecule has 30 heavy (non-hydrogen) atoms. The molecule has 2 aliphatic rings. The number of rotatable bonds is 8. The number of carbonyl (C=O) groups excluding carboxylic acids is 1. The van der Waals surface area contributed by atoms with Gasteiger partial charge in [0, 0.05) is 31.6 Å². The fourth-order valence-electron chi connectivity index (χ4n) is 5.07. The summed E-state index contributed by atoms with van der Waals surface area (Å²) in [5.74, 6) is 0.951. The Hall–Kier alpha value is -2.06. The van der Waals surface area contributed by atoms with Crippen molar-refractivity contribution >= 4 is 16.7 Å². The summed E-state index contributed by atoms with van der Waals surface area (Å²) in [6, 6.07) is 17.2. The van der Waals surface area contributed by atoms with Gasteiger partial charge in [-0.1, -0.05) is 54.6 Å². The van der Waals surface area contributed by atoms with E-state index >= 15 is 0 Å². The third kappa shape index (κ3) is 5.16. The Bertz CT molecular complexity index is 937. The van der Waals surface area contributed by atoms with Crippen LogP contribution in [0.2, 0.25) is 0 Å². The number of benzene rings is 2. The first-order chi connectivity index (χ1) is 14.4. The van der Waals surface area contributed by atoms with Crippen molar-refractivity contribution in [1.29, 1.82) is 0 Å². The number of ketones is 1.